The van der Waals surface area contributed by atoms with E-state index in [1.54, 1.807) is 21.3 Å². The molecule has 6 nitrogen and oxygen atoms in total. The molecule has 0 amide bonds. The Bertz CT molecular complexity index is 875. The van der Waals surface area contributed by atoms with Gasteiger partial charge in [0.1, 0.15) is 0 Å². The van der Waals surface area contributed by atoms with E-state index in [0.29, 0.717) is 24.6 Å². The van der Waals surface area contributed by atoms with E-state index < -0.39 is 10.0 Å². The molecule has 134 valence electrons. The fraction of sp³-hybridized carbons (Fsp3) is 0.500. The fourth-order valence-electron chi connectivity index (χ4n) is 3.67. The Morgan fingerprint density at radius 1 is 1.20 bits per heavy atom. The lowest BCUT2D eigenvalue weighted by atomic mass is 9.92. The molecule has 0 N–H and O–H groups in total. The minimum absolute atomic E-state index is 0.269. The first-order valence-electron chi connectivity index (χ1n) is 8.76. The van der Waals surface area contributed by atoms with Crippen LogP contribution in [0.3, 0.4) is 0 Å². The van der Waals surface area contributed by atoms with Crippen molar-refractivity contribution in [3.8, 4) is 0 Å². The largest absolute Gasteiger partial charge is 0.371 e. The van der Waals surface area contributed by atoms with Gasteiger partial charge in [0.15, 0.2) is 0 Å². The van der Waals surface area contributed by atoms with Crippen LogP contribution in [0.1, 0.15) is 35.6 Å². The Morgan fingerprint density at radius 2 is 2.00 bits per heavy atom. The van der Waals surface area contributed by atoms with Crippen molar-refractivity contribution in [3.05, 3.63) is 47.3 Å². The highest BCUT2D eigenvalue weighted by Crippen LogP contribution is 2.29. The van der Waals surface area contributed by atoms with Gasteiger partial charge >= 0.3 is 0 Å². The Hall–Kier alpha value is -1.70. The Balaban J connectivity index is 1.59. The fourth-order valence-corrected chi connectivity index (χ4v) is 5.15. The predicted octanol–water partition coefficient (Wildman–Crippen LogP) is 2.06. The van der Waals surface area contributed by atoms with E-state index in [4.69, 9.17) is 4.74 Å². The number of ether oxygens (including phenoxy) is 1. The molecule has 0 saturated carbocycles. The van der Waals surface area contributed by atoms with Gasteiger partial charge in [0, 0.05) is 31.9 Å². The monoisotopic (exact) mass is 361 g/mol. The number of hydrogen-bond acceptors (Lipinski definition) is 4. The highest BCUT2D eigenvalue weighted by molar-refractivity contribution is 7.89. The molecule has 1 aromatic carbocycles. The standard InChI is InChI=1S/C18H23N3O3S/c1-20-12-16(11-19-20)18-13-21(8-9-24-18)25(22,23)17-7-6-14-4-2-3-5-15(14)10-17/h6-7,10-12,18H,2-5,8-9,13H2,1H3/t18-/m1/s1. The third-order valence-electron chi connectivity index (χ3n) is 5.08. The maximum absolute atomic E-state index is 13.1. The number of nitrogens with zero attached hydrogens (tertiary/aromatic N) is 3. The molecule has 2 heterocycles. The van der Waals surface area contributed by atoms with Crippen molar-refractivity contribution < 1.29 is 13.2 Å². The second-order valence-corrected chi connectivity index (χ2v) is 8.75. The van der Waals surface area contributed by atoms with Gasteiger partial charge in [0.25, 0.3) is 0 Å². The molecule has 0 radical (unpaired) electrons. The zero-order valence-corrected chi connectivity index (χ0v) is 15.2. The van der Waals surface area contributed by atoms with Crippen LogP contribution < -0.4 is 0 Å². The van der Waals surface area contributed by atoms with Crippen LogP contribution in [0.2, 0.25) is 0 Å². The second-order valence-electron chi connectivity index (χ2n) is 6.81. The lowest BCUT2D eigenvalue weighted by molar-refractivity contribution is -0.00259. The summed E-state index contributed by atoms with van der Waals surface area (Å²) in [5.74, 6) is 0. The summed E-state index contributed by atoms with van der Waals surface area (Å²) in [6.07, 6.45) is 7.69. The van der Waals surface area contributed by atoms with Gasteiger partial charge in [-0.15, -0.1) is 0 Å². The maximum Gasteiger partial charge on any atom is 0.243 e. The van der Waals surface area contributed by atoms with Gasteiger partial charge in [-0.1, -0.05) is 6.07 Å². The summed E-state index contributed by atoms with van der Waals surface area (Å²) in [5.41, 5.74) is 3.39. The maximum atomic E-state index is 13.1. The molecule has 0 bridgehead atoms. The molecule has 2 aromatic rings. The van der Waals surface area contributed by atoms with Crippen LogP contribution in [0.5, 0.6) is 0 Å². The average molecular weight is 361 g/mol. The molecular formula is C18H23N3O3S. The van der Waals surface area contributed by atoms with Crippen molar-refractivity contribution in [1.29, 1.82) is 0 Å². The number of fused-ring (bicyclic) bond motifs is 1. The van der Waals surface area contributed by atoms with Gasteiger partial charge in [0.05, 0.1) is 23.8 Å². The van der Waals surface area contributed by atoms with E-state index >= 15 is 0 Å². The van der Waals surface area contributed by atoms with Crippen LogP contribution >= 0.6 is 0 Å². The number of aromatic nitrogens is 2. The highest BCUT2D eigenvalue weighted by Gasteiger charge is 2.32. The van der Waals surface area contributed by atoms with Gasteiger partial charge in [-0.3, -0.25) is 4.68 Å². The van der Waals surface area contributed by atoms with Crippen molar-refractivity contribution in [2.75, 3.05) is 19.7 Å². The molecule has 1 atom stereocenters. The average Bonchev–Trinajstić information content (AvgIpc) is 3.08. The first-order chi connectivity index (χ1) is 12.0. The molecule has 1 aromatic heterocycles. The Labute approximate surface area is 148 Å². The molecule has 1 saturated heterocycles. The van der Waals surface area contributed by atoms with E-state index in [1.807, 2.05) is 25.4 Å². The molecule has 1 aliphatic heterocycles. The van der Waals surface area contributed by atoms with Gasteiger partial charge in [-0.25, -0.2) is 8.42 Å². The van der Waals surface area contributed by atoms with Crippen molar-refractivity contribution in [3.63, 3.8) is 0 Å². The molecular weight excluding hydrogens is 338 g/mol. The van der Waals surface area contributed by atoms with Crippen LogP contribution in [0.25, 0.3) is 0 Å². The van der Waals surface area contributed by atoms with Gasteiger partial charge in [-0.2, -0.15) is 9.40 Å². The summed E-state index contributed by atoms with van der Waals surface area (Å²) < 4.78 is 35.2. The Morgan fingerprint density at radius 3 is 2.76 bits per heavy atom. The molecule has 25 heavy (non-hydrogen) atoms. The van der Waals surface area contributed by atoms with Gasteiger partial charge in [-0.05, 0) is 48.9 Å². The molecule has 1 aliphatic carbocycles. The van der Waals surface area contributed by atoms with Crippen LogP contribution in [0, 0.1) is 0 Å². The van der Waals surface area contributed by atoms with Crippen LogP contribution in [0.15, 0.2) is 35.5 Å². The second kappa shape index (κ2) is 6.55. The van der Waals surface area contributed by atoms with Crippen LogP contribution in [-0.4, -0.2) is 42.2 Å². The van der Waals surface area contributed by atoms with Crippen molar-refractivity contribution in [2.24, 2.45) is 7.05 Å². The zero-order chi connectivity index (χ0) is 17.4. The Kier molecular flexibility index (Phi) is 4.39. The van der Waals surface area contributed by atoms with Crippen LogP contribution in [0.4, 0.5) is 0 Å². The first-order valence-corrected chi connectivity index (χ1v) is 10.2. The molecule has 7 heteroatoms. The van der Waals surface area contributed by atoms with E-state index in [0.717, 1.165) is 24.8 Å². The normalized spacial score (nSPS) is 21.9. The third kappa shape index (κ3) is 3.23. The molecule has 0 unspecified atom stereocenters. The molecule has 2 aliphatic rings. The number of morpholine rings is 1. The van der Waals surface area contributed by atoms with E-state index in [2.05, 4.69) is 5.10 Å². The zero-order valence-electron chi connectivity index (χ0n) is 14.4. The summed E-state index contributed by atoms with van der Waals surface area (Å²) in [6, 6.07) is 5.62. The smallest absolute Gasteiger partial charge is 0.243 e. The van der Waals surface area contributed by atoms with Crippen LogP contribution in [-0.2, 0) is 34.6 Å². The molecule has 4 rings (SSSR count). The lowest BCUT2D eigenvalue weighted by Crippen LogP contribution is -2.42. The SMILES string of the molecule is Cn1cc([C@H]2CN(S(=O)(=O)c3ccc4c(c3)CCCC4)CCO2)cn1. The number of sulfonamides is 1. The third-order valence-corrected chi connectivity index (χ3v) is 6.94. The van der Waals surface area contributed by atoms with E-state index in [-0.39, 0.29) is 6.10 Å². The van der Waals surface area contributed by atoms with E-state index in [9.17, 15) is 8.42 Å². The van der Waals surface area contributed by atoms with Crippen molar-refractivity contribution in [1.82, 2.24) is 14.1 Å². The summed E-state index contributed by atoms with van der Waals surface area (Å²) in [4.78, 5) is 0.403. The number of aryl methyl sites for hydroxylation is 3. The topological polar surface area (TPSA) is 64.4 Å². The highest BCUT2D eigenvalue weighted by atomic mass is 32.2. The predicted molar refractivity (Wildman–Crippen MR) is 93.7 cm³/mol. The van der Waals surface area contributed by atoms with Crippen molar-refractivity contribution >= 4 is 10.0 Å². The summed E-state index contributed by atoms with van der Waals surface area (Å²) >= 11 is 0. The minimum atomic E-state index is -3.50. The lowest BCUT2D eigenvalue weighted by Gasteiger charge is -2.32. The van der Waals surface area contributed by atoms with Gasteiger partial charge < -0.3 is 4.74 Å². The first kappa shape index (κ1) is 16.8. The minimum Gasteiger partial charge on any atom is -0.371 e. The number of benzene rings is 1. The van der Waals surface area contributed by atoms with E-state index in [1.165, 1.54) is 17.5 Å². The number of hydrogen-bond donors (Lipinski definition) is 0. The van der Waals surface area contributed by atoms with Crippen molar-refractivity contribution in [2.45, 2.75) is 36.7 Å². The van der Waals surface area contributed by atoms with Gasteiger partial charge in [0.2, 0.25) is 10.0 Å². The number of rotatable bonds is 3. The summed E-state index contributed by atoms with van der Waals surface area (Å²) in [6.45, 7) is 1.10. The summed E-state index contributed by atoms with van der Waals surface area (Å²) in [5, 5.41) is 4.15. The quantitative estimate of drug-likeness (QED) is 0.839. The molecule has 0 spiro atoms. The molecule has 1 fully saturated rings. The summed E-state index contributed by atoms with van der Waals surface area (Å²) in [7, 11) is -1.66.